The van der Waals surface area contributed by atoms with Gasteiger partial charge in [-0.1, -0.05) is 6.08 Å². The predicted octanol–water partition coefficient (Wildman–Crippen LogP) is 1.17. The van der Waals surface area contributed by atoms with Gasteiger partial charge in [-0.05, 0) is 24.3 Å². The topological polar surface area (TPSA) is 84.5 Å². The molecule has 0 radical (unpaired) electrons. The van der Waals surface area contributed by atoms with Crippen LogP contribution in [0.1, 0.15) is 0 Å². The zero-order chi connectivity index (χ0) is 16.8. The number of carbonyl (C=O) groups excluding carboxylic acids is 1. The largest absolute Gasteiger partial charge is 0.573 e. The lowest BCUT2D eigenvalue weighted by Gasteiger charge is -2.10. The van der Waals surface area contributed by atoms with Crippen molar-refractivity contribution >= 4 is 15.9 Å². The summed E-state index contributed by atoms with van der Waals surface area (Å²) in [5.41, 5.74) is 0. The fraction of sp³-hybridized carbons (Fsp3) is 0.250. The first-order chi connectivity index (χ1) is 10.1. The van der Waals surface area contributed by atoms with Gasteiger partial charge in [-0.15, -0.1) is 19.8 Å². The number of sulfonamides is 1. The molecule has 0 heterocycles. The van der Waals surface area contributed by atoms with E-state index in [0.29, 0.717) is 0 Å². The highest BCUT2D eigenvalue weighted by atomic mass is 32.2. The van der Waals surface area contributed by atoms with Crippen LogP contribution < -0.4 is 14.8 Å². The minimum absolute atomic E-state index is 0.185. The summed E-state index contributed by atoms with van der Waals surface area (Å²) in [5, 5.41) is 2.36. The van der Waals surface area contributed by atoms with Crippen LogP contribution in [-0.4, -0.2) is 33.8 Å². The molecule has 1 rings (SSSR count). The van der Waals surface area contributed by atoms with Crippen molar-refractivity contribution in [3.63, 3.8) is 0 Å². The standard InChI is InChI=1S/C12H13F3N2O4S/c1-2-7-16-11(18)8-17-22(19,20)10-5-3-9(4-6-10)21-12(13,14)15/h2-6,17H,1,7-8H2,(H,16,18). The summed E-state index contributed by atoms with van der Waals surface area (Å²) in [7, 11) is -4.01. The van der Waals surface area contributed by atoms with E-state index in [1.165, 1.54) is 6.08 Å². The van der Waals surface area contributed by atoms with E-state index >= 15 is 0 Å². The number of amides is 1. The molecule has 1 amide bonds. The molecule has 0 aliphatic heterocycles. The second kappa shape index (κ2) is 7.27. The monoisotopic (exact) mass is 338 g/mol. The van der Waals surface area contributed by atoms with E-state index in [1.807, 2.05) is 4.72 Å². The van der Waals surface area contributed by atoms with Crippen LogP contribution in [-0.2, 0) is 14.8 Å². The lowest BCUT2D eigenvalue weighted by molar-refractivity contribution is -0.274. The van der Waals surface area contributed by atoms with Crippen molar-refractivity contribution in [1.29, 1.82) is 0 Å². The summed E-state index contributed by atoms with van der Waals surface area (Å²) < 4.78 is 65.3. The zero-order valence-electron chi connectivity index (χ0n) is 11.2. The van der Waals surface area contributed by atoms with Crippen LogP contribution in [0.15, 0.2) is 41.8 Å². The number of benzene rings is 1. The van der Waals surface area contributed by atoms with Gasteiger partial charge in [-0.25, -0.2) is 13.1 Å². The Morgan fingerprint density at radius 1 is 1.27 bits per heavy atom. The third-order valence-electron chi connectivity index (χ3n) is 2.23. The highest BCUT2D eigenvalue weighted by Crippen LogP contribution is 2.23. The third-order valence-corrected chi connectivity index (χ3v) is 3.65. The molecule has 0 unspecified atom stereocenters. The Bertz CT molecular complexity index is 627. The maximum Gasteiger partial charge on any atom is 0.573 e. The van der Waals surface area contributed by atoms with Crippen molar-refractivity contribution in [3.8, 4) is 5.75 Å². The van der Waals surface area contributed by atoms with Crippen LogP contribution in [0, 0.1) is 0 Å². The number of ether oxygens (including phenoxy) is 1. The minimum Gasteiger partial charge on any atom is -0.406 e. The first-order valence-electron chi connectivity index (χ1n) is 5.87. The van der Waals surface area contributed by atoms with Gasteiger partial charge >= 0.3 is 6.36 Å². The molecule has 22 heavy (non-hydrogen) atoms. The summed E-state index contributed by atoms with van der Waals surface area (Å²) in [6, 6.07) is 3.59. The van der Waals surface area contributed by atoms with Crippen molar-refractivity contribution in [3.05, 3.63) is 36.9 Å². The van der Waals surface area contributed by atoms with Gasteiger partial charge in [-0.3, -0.25) is 4.79 Å². The number of rotatable bonds is 7. The number of nitrogens with one attached hydrogen (secondary N) is 2. The number of carbonyl (C=O) groups is 1. The molecular formula is C12H13F3N2O4S. The van der Waals surface area contributed by atoms with Crippen molar-refractivity contribution < 1.29 is 31.1 Å². The lowest BCUT2D eigenvalue weighted by Crippen LogP contribution is -2.36. The summed E-state index contributed by atoms with van der Waals surface area (Å²) in [5.74, 6) is -1.12. The van der Waals surface area contributed by atoms with Gasteiger partial charge in [0.05, 0.1) is 11.4 Å². The van der Waals surface area contributed by atoms with Gasteiger partial charge in [0.2, 0.25) is 15.9 Å². The van der Waals surface area contributed by atoms with Crippen LogP contribution in [0.25, 0.3) is 0 Å². The van der Waals surface area contributed by atoms with Gasteiger partial charge in [0.1, 0.15) is 5.75 Å². The van der Waals surface area contributed by atoms with Crippen molar-refractivity contribution in [2.45, 2.75) is 11.3 Å². The van der Waals surface area contributed by atoms with E-state index in [9.17, 15) is 26.4 Å². The highest BCUT2D eigenvalue weighted by Gasteiger charge is 2.31. The minimum atomic E-state index is -4.86. The van der Waals surface area contributed by atoms with E-state index < -0.39 is 34.6 Å². The zero-order valence-corrected chi connectivity index (χ0v) is 12.0. The molecule has 0 aromatic heterocycles. The van der Waals surface area contributed by atoms with Gasteiger partial charge in [0, 0.05) is 6.54 Å². The van der Waals surface area contributed by atoms with Gasteiger partial charge in [0.15, 0.2) is 0 Å². The Hall–Kier alpha value is -2.07. The van der Waals surface area contributed by atoms with Gasteiger partial charge in [-0.2, -0.15) is 0 Å². The fourth-order valence-corrected chi connectivity index (χ4v) is 2.30. The molecule has 122 valence electrons. The van der Waals surface area contributed by atoms with Crippen LogP contribution in [0.3, 0.4) is 0 Å². The number of halogens is 3. The Labute approximate surface area is 125 Å². The molecule has 1 aromatic rings. The SMILES string of the molecule is C=CCNC(=O)CNS(=O)(=O)c1ccc(OC(F)(F)F)cc1. The molecule has 0 fully saturated rings. The predicted molar refractivity (Wildman–Crippen MR) is 71.5 cm³/mol. The van der Waals surface area contributed by atoms with Gasteiger partial charge in [0.25, 0.3) is 0 Å². The molecule has 2 N–H and O–H groups in total. The first kappa shape index (κ1) is 18.0. The highest BCUT2D eigenvalue weighted by molar-refractivity contribution is 7.89. The summed E-state index contributed by atoms with van der Waals surface area (Å²) in [4.78, 5) is 11.0. The molecule has 6 nitrogen and oxygen atoms in total. The van der Waals surface area contributed by atoms with Crippen LogP contribution >= 0.6 is 0 Å². The molecule has 0 aliphatic carbocycles. The second-order valence-corrected chi connectivity index (χ2v) is 5.70. The van der Waals surface area contributed by atoms with E-state index in [1.54, 1.807) is 0 Å². The lowest BCUT2D eigenvalue weighted by atomic mass is 10.3. The molecule has 1 aromatic carbocycles. The van der Waals surface area contributed by atoms with Crippen molar-refractivity contribution in [2.75, 3.05) is 13.1 Å². The average molecular weight is 338 g/mol. The van der Waals surface area contributed by atoms with E-state index in [0.717, 1.165) is 24.3 Å². The molecular weight excluding hydrogens is 325 g/mol. The van der Waals surface area contributed by atoms with E-state index in [-0.39, 0.29) is 11.4 Å². The maximum atomic E-state index is 12.0. The molecule has 0 bridgehead atoms. The average Bonchev–Trinajstić information content (AvgIpc) is 2.42. The summed E-state index contributed by atoms with van der Waals surface area (Å²) in [6.45, 7) is 3.06. The number of alkyl halides is 3. The Balaban J connectivity index is 2.69. The van der Waals surface area contributed by atoms with Crippen LogP contribution in [0.4, 0.5) is 13.2 Å². The van der Waals surface area contributed by atoms with Crippen LogP contribution in [0.2, 0.25) is 0 Å². The quantitative estimate of drug-likeness (QED) is 0.731. The van der Waals surface area contributed by atoms with E-state index in [4.69, 9.17) is 0 Å². The molecule has 0 aliphatic rings. The van der Waals surface area contributed by atoms with Gasteiger partial charge < -0.3 is 10.1 Å². The van der Waals surface area contributed by atoms with E-state index in [2.05, 4.69) is 16.6 Å². The third kappa shape index (κ3) is 6.14. The molecule has 10 heteroatoms. The molecule has 0 spiro atoms. The molecule has 0 saturated carbocycles. The number of hydrogen-bond donors (Lipinski definition) is 2. The Morgan fingerprint density at radius 2 is 1.86 bits per heavy atom. The smallest absolute Gasteiger partial charge is 0.406 e. The summed E-state index contributed by atoms with van der Waals surface area (Å²) in [6.07, 6.45) is -3.44. The maximum absolute atomic E-state index is 12.0. The molecule has 0 atom stereocenters. The second-order valence-electron chi connectivity index (χ2n) is 3.94. The Kier molecular flexibility index (Phi) is 5.94. The molecule has 0 saturated heterocycles. The number of hydrogen-bond acceptors (Lipinski definition) is 4. The van der Waals surface area contributed by atoms with Crippen LogP contribution in [0.5, 0.6) is 5.75 Å². The normalized spacial score (nSPS) is 11.8. The van der Waals surface area contributed by atoms with Crippen molar-refractivity contribution in [2.24, 2.45) is 0 Å². The van der Waals surface area contributed by atoms with Crippen molar-refractivity contribution in [1.82, 2.24) is 10.0 Å². The fourth-order valence-electron chi connectivity index (χ4n) is 1.31. The Morgan fingerprint density at radius 3 is 2.36 bits per heavy atom. The summed E-state index contributed by atoms with van der Waals surface area (Å²) >= 11 is 0. The first-order valence-corrected chi connectivity index (χ1v) is 7.35.